The predicted octanol–water partition coefficient (Wildman–Crippen LogP) is -5.28. The summed E-state index contributed by atoms with van der Waals surface area (Å²) in [5.74, 6) is -4.53. The van der Waals surface area contributed by atoms with Crippen LogP contribution in [0.1, 0.15) is 30.4 Å². The van der Waals surface area contributed by atoms with Crippen LogP contribution in [-0.4, -0.2) is 115 Å². The van der Waals surface area contributed by atoms with E-state index in [9.17, 15) is 45.0 Å². The lowest BCUT2D eigenvalue weighted by Crippen LogP contribution is -2.60. The topological polar surface area (TPSA) is 316 Å². The third-order valence-electron chi connectivity index (χ3n) is 6.78. The Bertz CT molecular complexity index is 1060. The Balaban J connectivity index is 2.39. The Hall–Kier alpha value is -3.00. The van der Waals surface area contributed by atoms with Gasteiger partial charge in [-0.1, -0.05) is 0 Å². The summed E-state index contributed by atoms with van der Waals surface area (Å²) < 4.78 is 12.5. The number of hydrogen-bond donors (Lipinski definition) is 10. The number of carbonyl (C=O) groups is 3. The van der Waals surface area contributed by atoms with E-state index in [1.54, 1.807) is 0 Å². The van der Waals surface area contributed by atoms with E-state index in [-0.39, 0.29) is 49.8 Å². The third-order valence-corrected chi connectivity index (χ3v) is 6.78. The van der Waals surface area contributed by atoms with Gasteiger partial charge in [-0.05, 0) is 43.4 Å². The van der Waals surface area contributed by atoms with E-state index in [0.717, 1.165) is 6.20 Å². The molecular weight excluding hydrogens is 552 g/mol. The normalized spacial score (nSPS) is 25.7. The first-order valence-corrected chi connectivity index (χ1v) is 12.8. The summed E-state index contributed by atoms with van der Waals surface area (Å²) >= 11 is 0. The van der Waals surface area contributed by atoms with Crippen molar-refractivity contribution in [2.45, 2.75) is 93.6 Å². The van der Waals surface area contributed by atoms with Crippen molar-refractivity contribution >= 4 is 17.9 Å². The molecule has 17 nitrogen and oxygen atoms in total. The maximum Gasteiger partial charge on any atom is 0.320 e. The van der Waals surface area contributed by atoms with Crippen molar-refractivity contribution < 1.29 is 69.3 Å². The van der Waals surface area contributed by atoms with E-state index in [4.69, 9.17) is 36.9 Å². The number of rotatable bonds is 16. The molecule has 9 atom stereocenters. The molecule has 0 spiro atoms. The van der Waals surface area contributed by atoms with Gasteiger partial charge in [0.1, 0.15) is 48.6 Å². The molecule has 13 N–H and O–H groups in total. The van der Waals surface area contributed by atoms with Crippen molar-refractivity contribution in [2.75, 3.05) is 6.61 Å². The standard InChI is InChI=1S/C24H38N4O13/c25-13(21(34)35)3-1-10-6-28(8-16(30)12(10)5-15(27)23(38)39)7-11(2-4-14(26)22(36)37)40-24-20(33)19(32)18(31)17(9-29)41-24/h6,8,11,13-15,17-20,24,29,31-33H,1-5,7,9,25-27H2,(H3-,30,34,35,36,37,38,39)/t11-,13-,14-,15-,17+,18-,19-,20+,24+/m0/s1. The van der Waals surface area contributed by atoms with Crippen molar-refractivity contribution in [3.8, 4) is 5.75 Å². The maximum absolute atomic E-state index is 13.0. The van der Waals surface area contributed by atoms with Crippen LogP contribution in [0.5, 0.6) is 5.75 Å². The summed E-state index contributed by atoms with van der Waals surface area (Å²) in [6.45, 7) is -0.880. The van der Waals surface area contributed by atoms with Gasteiger partial charge in [-0.2, -0.15) is 0 Å². The fraction of sp³-hybridized carbons (Fsp3) is 0.667. The van der Waals surface area contributed by atoms with Crippen molar-refractivity contribution in [3.63, 3.8) is 0 Å². The molecule has 1 aromatic rings. The number of ether oxygens (including phenoxy) is 2. The van der Waals surface area contributed by atoms with E-state index in [1.807, 2.05) is 0 Å². The van der Waals surface area contributed by atoms with E-state index >= 15 is 0 Å². The zero-order chi connectivity index (χ0) is 31.0. The average Bonchev–Trinajstić information content (AvgIpc) is 2.91. The minimum Gasteiger partial charge on any atom is -0.868 e. The molecule has 0 aromatic carbocycles. The van der Waals surface area contributed by atoms with Crippen LogP contribution < -0.4 is 26.9 Å². The molecular formula is C24H38N4O13. The second-order valence-corrected chi connectivity index (χ2v) is 9.93. The molecule has 0 bridgehead atoms. The van der Waals surface area contributed by atoms with Crippen molar-refractivity contribution in [1.82, 2.24) is 0 Å². The molecule has 41 heavy (non-hydrogen) atoms. The molecule has 0 saturated carbocycles. The van der Waals surface area contributed by atoms with Crippen LogP contribution in [-0.2, 0) is 43.2 Å². The van der Waals surface area contributed by atoms with Crippen LogP contribution in [0.25, 0.3) is 0 Å². The van der Waals surface area contributed by atoms with Gasteiger partial charge in [0.25, 0.3) is 0 Å². The van der Waals surface area contributed by atoms with Crippen LogP contribution in [0.4, 0.5) is 0 Å². The number of aromatic nitrogens is 1. The number of aliphatic carboxylic acids is 3. The van der Waals surface area contributed by atoms with E-state index in [0.29, 0.717) is 0 Å². The molecule has 232 valence electrons. The molecule has 2 rings (SSSR count). The second-order valence-electron chi connectivity index (χ2n) is 9.93. The van der Waals surface area contributed by atoms with Crippen molar-refractivity contribution in [1.29, 1.82) is 0 Å². The van der Waals surface area contributed by atoms with Crippen LogP contribution in [0.15, 0.2) is 12.4 Å². The van der Waals surface area contributed by atoms with Gasteiger partial charge in [0.05, 0.1) is 6.61 Å². The molecule has 1 aromatic heterocycles. The Kier molecular flexibility index (Phi) is 12.8. The molecule has 1 aliphatic rings. The zero-order valence-corrected chi connectivity index (χ0v) is 22.1. The van der Waals surface area contributed by atoms with Crippen molar-refractivity contribution in [2.24, 2.45) is 17.2 Å². The molecule has 17 heteroatoms. The van der Waals surface area contributed by atoms with Crippen LogP contribution in [0.3, 0.4) is 0 Å². The summed E-state index contributed by atoms with van der Waals surface area (Å²) in [5, 5.41) is 80.5. The van der Waals surface area contributed by atoms with Gasteiger partial charge < -0.3 is 67.5 Å². The lowest BCUT2D eigenvalue weighted by Gasteiger charge is -2.40. The number of aryl methyl sites for hydroxylation is 1. The molecule has 0 unspecified atom stereocenters. The first-order chi connectivity index (χ1) is 19.2. The highest BCUT2D eigenvalue weighted by Crippen LogP contribution is 2.25. The molecule has 0 radical (unpaired) electrons. The zero-order valence-electron chi connectivity index (χ0n) is 22.1. The van der Waals surface area contributed by atoms with Crippen LogP contribution in [0, 0.1) is 0 Å². The molecule has 1 aliphatic heterocycles. The van der Waals surface area contributed by atoms with Gasteiger partial charge >= 0.3 is 17.9 Å². The first-order valence-electron chi connectivity index (χ1n) is 12.8. The third kappa shape index (κ3) is 9.52. The smallest absolute Gasteiger partial charge is 0.320 e. The summed E-state index contributed by atoms with van der Waals surface area (Å²) in [7, 11) is 0. The fourth-order valence-electron chi connectivity index (χ4n) is 4.29. The number of carboxylic acid groups (broad SMARTS) is 3. The van der Waals surface area contributed by atoms with Gasteiger partial charge in [0, 0.05) is 5.56 Å². The number of nitrogens with zero attached hydrogens (tertiary/aromatic N) is 1. The predicted molar refractivity (Wildman–Crippen MR) is 133 cm³/mol. The molecule has 2 heterocycles. The summed E-state index contributed by atoms with van der Waals surface area (Å²) in [5.41, 5.74) is 17.2. The van der Waals surface area contributed by atoms with Crippen LogP contribution in [0.2, 0.25) is 0 Å². The summed E-state index contributed by atoms with van der Waals surface area (Å²) in [4.78, 5) is 33.7. The van der Waals surface area contributed by atoms with E-state index in [1.165, 1.54) is 10.8 Å². The lowest BCUT2D eigenvalue weighted by molar-refractivity contribution is -0.707. The van der Waals surface area contributed by atoms with Gasteiger partial charge in [-0.15, -0.1) is 0 Å². The van der Waals surface area contributed by atoms with Gasteiger partial charge in [-0.3, -0.25) is 14.4 Å². The maximum atomic E-state index is 13.0. The highest BCUT2D eigenvalue weighted by atomic mass is 16.7. The number of aliphatic hydroxyl groups excluding tert-OH is 4. The van der Waals surface area contributed by atoms with E-state index in [2.05, 4.69) is 0 Å². The number of nitrogens with two attached hydrogens (primary N) is 3. The highest BCUT2D eigenvalue weighted by Gasteiger charge is 2.45. The van der Waals surface area contributed by atoms with Crippen LogP contribution >= 0.6 is 0 Å². The summed E-state index contributed by atoms with van der Waals surface area (Å²) in [6.07, 6.45) is -7.04. The number of pyridine rings is 1. The number of carboxylic acids is 3. The summed E-state index contributed by atoms with van der Waals surface area (Å²) in [6, 6.07) is -3.96. The Morgan fingerprint density at radius 3 is 2.05 bits per heavy atom. The molecule has 0 amide bonds. The number of hydrogen-bond acceptors (Lipinski definition) is 13. The molecule has 1 saturated heterocycles. The second kappa shape index (κ2) is 15.3. The van der Waals surface area contributed by atoms with E-state index < -0.39 is 85.2 Å². The fourth-order valence-corrected chi connectivity index (χ4v) is 4.29. The van der Waals surface area contributed by atoms with Gasteiger partial charge in [-0.25, -0.2) is 4.57 Å². The highest BCUT2D eigenvalue weighted by molar-refractivity contribution is 5.74. The Morgan fingerprint density at radius 1 is 0.902 bits per heavy atom. The van der Waals surface area contributed by atoms with Gasteiger partial charge in [0.2, 0.25) is 0 Å². The number of aliphatic hydroxyl groups is 4. The molecule has 1 fully saturated rings. The average molecular weight is 591 g/mol. The van der Waals surface area contributed by atoms with Crippen molar-refractivity contribution in [3.05, 3.63) is 23.5 Å². The monoisotopic (exact) mass is 590 g/mol. The first kappa shape index (κ1) is 34.2. The Labute approximate surface area is 234 Å². The molecule has 0 aliphatic carbocycles. The SMILES string of the molecule is N[C@@H](CCc1c[n+](C[C@H](CC[C@H](N)C(=O)O)O[C@@H]2O[C@H](CO)[C@H](O)[C@H](O)[C@H]2O)cc([O-])c1C[C@H](N)C(=O)O)C(=O)O. The Morgan fingerprint density at radius 2 is 1.49 bits per heavy atom. The largest absolute Gasteiger partial charge is 0.868 e. The minimum atomic E-state index is -1.75. The lowest BCUT2D eigenvalue weighted by atomic mass is 9.96. The minimum absolute atomic E-state index is 0.0205. The quantitative estimate of drug-likeness (QED) is 0.0803. The van der Waals surface area contributed by atoms with Gasteiger partial charge in [0.15, 0.2) is 25.2 Å².